The zero-order valence-electron chi connectivity index (χ0n) is 19.7. The standard InChI is InChI=1S/C25H41N3O.3ClH/c1-25-10-3-6-22(25)24-21(9-11-25)20-8-7-19(29-2)16-18(20)17-23(24)28-15-5-14-27-13-4-12-26;;;/h7-8,16,21-24,27-28H,3-6,9-15,17,26H2,1-2H3;3*1H/t21-,22+,23+,24-,25+;;;/m1.../s1. The molecule has 0 bridgehead atoms. The van der Waals surface area contributed by atoms with Crippen LogP contribution in [-0.2, 0) is 6.42 Å². The van der Waals surface area contributed by atoms with Gasteiger partial charge in [-0.1, -0.05) is 19.4 Å². The Labute approximate surface area is 213 Å². The number of nitrogens with one attached hydrogen (secondary N) is 2. The molecule has 7 heteroatoms. The van der Waals surface area contributed by atoms with E-state index in [9.17, 15) is 0 Å². The molecule has 1 aromatic carbocycles. The predicted molar refractivity (Wildman–Crippen MR) is 142 cm³/mol. The Kier molecular flexibility index (Phi) is 12.7. The zero-order valence-corrected chi connectivity index (χ0v) is 22.2. The van der Waals surface area contributed by atoms with Gasteiger partial charge in [-0.3, -0.25) is 0 Å². The average molecular weight is 509 g/mol. The van der Waals surface area contributed by atoms with E-state index in [1.807, 2.05) is 0 Å². The summed E-state index contributed by atoms with van der Waals surface area (Å²) < 4.78 is 5.54. The highest BCUT2D eigenvalue weighted by Gasteiger charge is 2.53. The molecule has 4 N–H and O–H groups in total. The summed E-state index contributed by atoms with van der Waals surface area (Å²) in [6.45, 7) is 6.59. The molecule has 3 aliphatic rings. The molecule has 2 saturated carbocycles. The van der Waals surface area contributed by atoms with Gasteiger partial charge in [-0.05, 0) is 118 Å². The summed E-state index contributed by atoms with van der Waals surface area (Å²) in [6, 6.07) is 7.46. The maximum Gasteiger partial charge on any atom is 0.119 e. The Morgan fingerprint density at radius 2 is 1.84 bits per heavy atom. The molecule has 1 aromatic rings. The fraction of sp³-hybridized carbons (Fsp3) is 0.760. The van der Waals surface area contributed by atoms with Crippen molar-refractivity contribution in [3.05, 3.63) is 29.3 Å². The quantitative estimate of drug-likeness (QED) is 0.406. The Bertz CT molecular complexity index is 692. The Morgan fingerprint density at radius 3 is 2.59 bits per heavy atom. The molecule has 2 fully saturated rings. The molecule has 0 saturated heterocycles. The van der Waals surface area contributed by atoms with Gasteiger partial charge < -0.3 is 21.1 Å². The van der Waals surface area contributed by atoms with Crippen LogP contribution in [0.2, 0.25) is 0 Å². The maximum atomic E-state index is 5.58. The number of benzene rings is 1. The van der Waals surface area contributed by atoms with E-state index in [0.717, 1.165) is 62.5 Å². The van der Waals surface area contributed by atoms with Gasteiger partial charge in [-0.2, -0.15) is 0 Å². The Hall–Kier alpha value is -0.230. The topological polar surface area (TPSA) is 59.3 Å². The molecule has 4 rings (SSSR count). The monoisotopic (exact) mass is 507 g/mol. The molecule has 5 atom stereocenters. The highest BCUT2D eigenvalue weighted by atomic mass is 35.5. The molecule has 0 radical (unpaired) electrons. The van der Waals surface area contributed by atoms with Crippen LogP contribution >= 0.6 is 37.2 Å². The van der Waals surface area contributed by atoms with Crippen molar-refractivity contribution in [3.63, 3.8) is 0 Å². The molecule has 0 amide bonds. The summed E-state index contributed by atoms with van der Waals surface area (Å²) in [5.74, 6) is 3.41. The van der Waals surface area contributed by atoms with Gasteiger partial charge in [0, 0.05) is 6.04 Å². The summed E-state index contributed by atoms with van der Waals surface area (Å²) in [6.07, 6.45) is 10.5. The molecule has 186 valence electrons. The third kappa shape index (κ3) is 6.25. The lowest BCUT2D eigenvalue weighted by atomic mass is 9.54. The van der Waals surface area contributed by atoms with Crippen molar-refractivity contribution in [2.45, 2.75) is 70.3 Å². The van der Waals surface area contributed by atoms with E-state index < -0.39 is 0 Å². The van der Waals surface area contributed by atoms with E-state index in [4.69, 9.17) is 10.5 Å². The van der Waals surface area contributed by atoms with Crippen LogP contribution in [0.15, 0.2) is 18.2 Å². The molecule has 0 heterocycles. The number of ether oxygens (including phenoxy) is 1. The number of nitrogens with two attached hydrogens (primary N) is 1. The molecule has 32 heavy (non-hydrogen) atoms. The zero-order chi connectivity index (χ0) is 20.3. The lowest BCUT2D eigenvalue weighted by molar-refractivity contribution is 0.0395. The number of hydrogen-bond donors (Lipinski definition) is 3. The smallest absolute Gasteiger partial charge is 0.119 e. The summed E-state index contributed by atoms with van der Waals surface area (Å²) in [5.41, 5.74) is 9.30. The van der Waals surface area contributed by atoms with E-state index in [0.29, 0.717) is 11.5 Å². The number of rotatable bonds is 9. The SMILES string of the molecule is COc1ccc2c(c1)C[C@H](NCCCNCCCN)[C@@H]1[C@@H]2CC[C@]2(C)CCC[C@@H]12.Cl.Cl.Cl. The summed E-state index contributed by atoms with van der Waals surface area (Å²) >= 11 is 0. The fourth-order valence-corrected chi connectivity index (χ4v) is 6.79. The van der Waals surface area contributed by atoms with Crippen molar-refractivity contribution in [2.24, 2.45) is 23.0 Å². The van der Waals surface area contributed by atoms with Gasteiger partial charge in [0.15, 0.2) is 0 Å². The molecule has 3 aliphatic carbocycles. The Balaban J connectivity index is 0.00000171. The minimum Gasteiger partial charge on any atom is -0.497 e. The first-order chi connectivity index (χ1) is 14.2. The van der Waals surface area contributed by atoms with Crippen molar-refractivity contribution in [2.75, 3.05) is 33.3 Å². The third-order valence-corrected chi connectivity index (χ3v) is 8.26. The van der Waals surface area contributed by atoms with Crippen LogP contribution in [0, 0.1) is 17.3 Å². The average Bonchev–Trinajstić information content (AvgIpc) is 3.14. The summed E-state index contributed by atoms with van der Waals surface area (Å²) in [4.78, 5) is 0. The number of methoxy groups -OCH3 is 1. The van der Waals surface area contributed by atoms with Crippen molar-refractivity contribution in [3.8, 4) is 5.75 Å². The normalized spacial score (nSPS) is 30.0. The number of fused-ring (bicyclic) bond motifs is 5. The molecule has 0 unspecified atom stereocenters. The second-order valence-corrected chi connectivity index (χ2v) is 9.95. The molecule has 4 nitrogen and oxygen atoms in total. The third-order valence-electron chi connectivity index (χ3n) is 8.26. The molecule has 0 aliphatic heterocycles. The van der Waals surface area contributed by atoms with Gasteiger partial charge in [0.05, 0.1) is 7.11 Å². The Morgan fingerprint density at radius 1 is 1.06 bits per heavy atom. The van der Waals surface area contributed by atoms with Crippen LogP contribution in [0.1, 0.15) is 68.9 Å². The van der Waals surface area contributed by atoms with Crippen LogP contribution < -0.4 is 21.1 Å². The van der Waals surface area contributed by atoms with Gasteiger partial charge in [-0.25, -0.2) is 0 Å². The van der Waals surface area contributed by atoms with Crippen LogP contribution in [-0.4, -0.2) is 39.3 Å². The first kappa shape index (κ1) is 29.8. The van der Waals surface area contributed by atoms with E-state index in [-0.39, 0.29) is 37.2 Å². The predicted octanol–water partition coefficient (Wildman–Crippen LogP) is 5.10. The van der Waals surface area contributed by atoms with Gasteiger partial charge in [0.25, 0.3) is 0 Å². The molecule has 0 spiro atoms. The van der Waals surface area contributed by atoms with Gasteiger partial charge in [-0.15, -0.1) is 37.2 Å². The largest absolute Gasteiger partial charge is 0.497 e. The first-order valence-electron chi connectivity index (χ1n) is 12.0. The van der Waals surface area contributed by atoms with Crippen molar-refractivity contribution in [1.29, 1.82) is 0 Å². The second-order valence-electron chi connectivity index (χ2n) is 9.95. The van der Waals surface area contributed by atoms with Crippen LogP contribution in [0.5, 0.6) is 5.75 Å². The highest BCUT2D eigenvalue weighted by molar-refractivity contribution is 5.86. The summed E-state index contributed by atoms with van der Waals surface area (Å²) in [7, 11) is 1.78. The lowest BCUT2D eigenvalue weighted by Gasteiger charge is -2.52. The first-order valence-corrected chi connectivity index (χ1v) is 12.0. The van der Waals surface area contributed by atoms with E-state index >= 15 is 0 Å². The van der Waals surface area contributed by atoms with E-state index in [1.165, 1.54) is 44.1 Å². The van der Waals surface area contributed by atoms with Crippen LogP contribution in [0.25, 0.3) is 0 Å². The molecular weight excluding hydrogens is 465 g/mol. The molecular formula is C25H44Cl3N3O. The lowest BCUT2D eigenvalue weighted by Crippen LogP contribution is -2.52. The van der Waals surface area contributed by atoms with E-state index in [1.54, 1.807) is 12.7 Å². The van der Waals surface area contributed by atoms with Gasteiger partial charge >= 0.3 is 0 Å². The van der Waals surface area contributed by atoms with Crippen LogP contribution in [0.4, 0.5) is 0 Å². The highest BCUT2D eigenvalue weighted by Crippen LogP contribution is 2.60. The van der Waals surface area contributed by atoms with Gasteiger partial charge in [0.2, 0.25) is 0 Å². The summed E-state index contributed by atoms with van der Waals surface area (Å²) in [5, 5.41) is 7.53. The van der Waals surface area contributed by atoms with Crippen molar-refractivity contribution >= 4 is 37.2 Å². The number of halogens is 3. The van der Waals surface area contributed by atoms with Crippen LogP contribution in [0.3, 0.4) is 0 Å². The minimum absolute atomic E-state index is 0. The molecule has 0 aromatic heterocycles. The fourth-order valence-electron chi connectivity index (χ4n) is 6.79. The van der Waals surface area contributed by atoms with Crippen molar-refractivity contribution in [1.82, 2.24) is 10.6 Å². The van der Waals surface area contributed by atoms with Crippen molar-refractivity contribution < 1.29 is 4.74 Å². The van der Waals surface area contributed by atoms with E-state index in [2.05, 4.69) is 35.8 Å². The maximum absolute atomic E-state index is 5.58. The van der Waals surface area contributed by atoms with Gasteiger partial charge in [0.1, 0.15) is 5.75 Å². The second kappa shape index (κ2) is 13.6. The number of hydrogen-bond acceptors (Lipinski definition) is 4. The minimum atomic E-state index is 0.